The zero-order valence-corrected chi connectivity index (χ0v) is 21.3. The smallest absolute Gasteiger partial charge is 0.274 e. The van der Waals surface area contributed by atoms with Crippen LogP contribution in [0.2, 0.25) is 0 Å². The molecular formula is C31H23N3O3S. The predicted molar refractivity (Wildman–Crippen MR) is 146 cm³/mol. The molecule has 1 saturated heterocycles. The molecule has 0 saturated carbocycles. The number of hydrazone groups is 1. The molecule has 4 aliphatic rings. The number of anilines is 1. The highest BCUT2D eigenvalue weighted by Gasteiger charge is 2.68. The van der Waals surface area contributed by atoms with Crippen LogP contribution in [-0.4, -0.2) is 23.9 Å². The third-order valence-corrected chi connectivity index (χ3v) is 9.02. The van der Waals surface area contributed by atoms with Gasteiger partial charge in [0, 0.05) is 12.1 Å². The van der Waals surface area contributed by atoms with E-state index in [1.807, 2.05) is 91.2 Å². The summed E-state index contributed by atoms with van der Waals surface area (Å²) in [6, 6.07) is 27.0. The molecule has 0 spiro atoms. The number of imide groups is 1. The summed E-state index contributed by atoms with van der Waals surface area (Å²) in [5.74, 6) is -2.26. The fourth-order valence-corrected chi connectivity index (χ4v) is 7.27. The van der Waals surface area contributed by atoms with Gasteiger partial charge in [-0.25, -0.2) is 10.3 Å². The van der Waals surface area contributed by atoms with Crippen LogP contribution in [0, 0.1) is 18.8 Å². The Hall–Kier alpha value is -4.36. The quantitative estimate of drug-likeness (QED) is 0.235. The molecule has 3 amide bonds. The highest BCUT2D eigenvalue weighted by Crippen LogP contribution is 2.63. The number of carbonyl (C=O) groups excluding carboxylic acids is 3. The highest BCUT2D eigenvalue weighted by molar-refractivity contribution is 7.12. The lowest BCUT2D eigenvalue weighted by Crippen LogP contribution is -2.54. The first-order valence-electron chi connectivity index (χ1n) is 12.5. The SMILES string of the molecule is Cc1ccc(N2C(=O)[C@@H]3C4c5ccccc5C(/C=N\NC(=O)c5cccs5)(c5ccccc54)[C@H]3C2=O)cc1. The molecule has 6 nitrogen and oxygen atoms in total. The Bertz CT molecular complexity index is 1590. The van der Waals surface area contributed by atoms with Gasteiger partial charge in [-0.15, -0.1) is 11.3 Å². The van der Waals surface area contributed by atoms with Gasteiger partial charge < -0.3 is 0 Å². The number of thiophene rings is 1. The molecule has 7 heteroatoms. The van der Waals surface area contributed by atoms with E-state index in [2.05, 4.69) is 10.5 Å². The van der Waals surface area contributed by atoms with Gasteiger partial charge in [0.05, 0.1) is 27.8 Å². The molecule has 1 aliphatic heterocycles. The van der Waals surface area contributed by atoms with E-state index >= 15 is 0 Å². The van der Waals surface area contributed by atoms with E-state index in [1.165, 1.54) is 16.2 Å². The number of carbonyl (C=O) groups is 3. The zero-order valence-electron chi connectivity index (χ0n) is 20.5. The molecule has 3 aromatic carbocycles. The Balaban J connectivity index is 1.43. The van der Waals surface area contributed by atoms with Gasteiger partial charge in [0.1, 0.15) is 0 Å². The number of benzene rings is 3. The Morgan fingerprint density at radius 3 is 2.18 bits per heavy atom. The summed E-state index contributed by atoms with van der Waals surface area (Å²) in [5.41, 5.74) is 7.22. The average molecular weight is 518 g/mol. The lowest BCUT2D eigenvalue weighted by atomic mass is 9.47. The third-order valence-electron chi connectivity index (χ3n) is 8.16. The van der Waals surface area contributed by atoms with Crippen molar-refractivity contribution >= 4 is 41.0 Å². The number of aryl methyl sites for hydroxylation is 1. The average Bonchev–Trinajstić information content (AvgIpc) is 3.57. The summed E-state index contributed by atoms with van der Waals surface area (Å²) in [6.45, 7) is 1.97. The summed E-state index contributed by atoms with van der Waals surface area (Å²) in [4.78, 5) is 43.0. The number of nitrogens with one attached hydrogen (secondary N) is 1. The van der Waals surface area contributed by atoms with Gasteiger partial charge in [0.2, 0.25) is 11.8 Å². The monoisotopic (exact) mass is 517 g/mol. The van der Waals surface area contributed by atoms with E-state index < -0.39 is 17.3 Å². The third kappa shape index (κ3) is 2.99. The molecule has 38 heavy (non-hydrogen) atoms. The zero-order chi connectivity index (χ0) is 26.0. The summed E-state index contributed by atoms with van der Waals surface area (Å²) in [7, 11) is 0. The number of hydrogen-bond acceptors (Lipinski definition) is 5. The summed E-state index contributed by atoms with van der Waals surface area (Å²) in [5, 5.41) is 6.28. The van der Waals surface area contributed by atoms with Crippen molar-refractivity contribution in [2.75, 3.05) is 4.90 Å². The maximum Gasteiger partial charge on any atom is 0.281 e. The molecule has 4 aromatic rings. The first kappa shape index (κ1) is 22.8. The Kier molecular flexibility index (Phi) is 5.00. The number of hydrogen-bond donors (Lipinski definition) is 1. The molecule has 0 unspecified atom stereocenters. The second-order valence-corrected chi connectivity index (χ2v) is 11.0. The molecule has 3 aliphatic carbocycles. The van der Waals surface area contributed by atoms with Crippen molar-refractivity contribution in [2.45, 2.75) is 18.3 Å². The molecule has 8 rings (SSSR count). The van der Waals surface area contributed by atoms with Gasteiger partial charge in [0.15, 0.2) is 0 Å². The highest BCUT2D eigenvalue weighted by atomic mass is 32.1. The molecule has 2 bridgehead atoms. The normalized spacial score (nSPS) is 24.9. The molecule has 186 valence electrons. The molecular weight excluding hydrogens is 494 g/mol. The fraction of sp³-hybridized carbons (Fsp3) is 0.161. The lowest BCUT2D eigenvalue weighted by Gasteiger charge is -2.52. The van der Waals surface area contributed by atoms with Gasteiger partial charge in [-0.2, -0.15) is 5.10 Å². The van der Waals surface area contributed by atoms with Crippen molar-refractivity contribution < 1.29 is 14.4 Å². The van der Waals surface area contributed by atoms with Crippen LogP contribution in [0.4, 0.5) is 5.69 Å². The summed E-state index contributed by atoms with van der Waals surface area (Å²) in [6.07, 6.45) is 1.69. The number of amides is 3. The topological polar surface area (TPSA) is 78.8 Å². The van der Waals surface area contributed by atoms with Crippen molar-refractivity contribution in [3.8, 4) is 0 Å². The molecule has 2 atom stereocenters. The first-order valence-corrected chi connectivity index (χ1v) is 13.4. The second-order valence-electron chi connectivity index (χ2n) is 10.0. The van der Waals surface area contributed by atoms with Crippen molar-refractivity contribution in [1.82, 2.24) is 5.43 Å². The Morgan fingerprint density at radius 2 is 1.55 bits per heavy atom. The molecule has 1 N–H and O–H groups in total. The van der Waals surface area contributed by atoms with Gasteiger partial charge in [-0.05, 0) is 52.8 Å². The van der Waals surface area contributed by atoms with Gasteiger partial charge in [0.25, 0.3) is 5.91 Å². The van der Waals surface area contributed by atoms with Crippen molar-refractivity contribution in [3.05, 3.63) is 123 Å². The Morgan fingerprint density at radius 1 is 0.895 bits per heavy atom. The summed E-state index contributed by atoms with van der Waals surface area (Å²) < 4.78 is 0. The van der Waals surface area contributed by atoms with Crippen LogP contribution in [0.25, 0.3) is 0 Å². The van der Waals surface area contributed by atoms with E-state index in [-0.39, 0.29) is 23.6 Å². The molecule has 1 fully saturated rings. The largest absolute Gasteiger partial charge is 0.281 e. The minimum absolute atomic E-state index is 0.196. The first-order chi connectivity index (χ1) is 18.5. The lowest BCUT2D eigenvalue weighted by molar-refractivity contribution is -0.122. The van der Waals surface area contributed by atoms with Crippen LogP contribution in [0.3, 0.4) is 0 Å². The predicted octanol–water partition coefficient (Wildman–Crippen LogP) is 5.02. The maximum absolute atomic E-state index is 14.3. The van der Waals surface area contributed by atoms with Gasteiger partial charge in [-0.1, -0.05) is 72.3 Å². The van der Waals surface area contributed by atoms with Gasteiger partial charge >= 0.3 is 0 Å². The molecule has 1 aromatic heterocycles. The standard InChI is InChI=1S/C31H23N3O3S/c1-18-12-14-19(15-13-18)34-29(36)26-25-20-7-2-4-9-22(20)31(27(26)30(34)37,23-10-5-3-8-21(23)25)17-32-33-28(35)24-11-6-16-38-24/h2-17,25-27H,1H3,(H,33,35)/b32-17-/t25?,26-,27-,31?/m1/s1. The summed E-state index contributed by atoms with van der Waals surface area (Å²) >= 11 is 1.33. The second kappa shape index (κ2) is 8.33. The van der Waals surface area contributed by atoms with Gasteiger partial charge in [-0.3, -0.25) is 14.4 Å². The van der Waals surface area contributed by atoms with E-state index in [9.17, 15) is 14.4 Å². The van der Waals surface area contributed by atoms with Crippen LogP contribution in [0.5, 0.6) is 0 Å². The molecule has 0 radical (unpaired) electrons. The van der Waals surface area contributed by atoms with Crippen LogP contribution in [-0.2, 0) is 15.0 Å². The number of nitrogens with zero attached hydrogens (tertiary/aromatic N) is 2. The van der Waals surface area contributed by atoms with Crippen LogP contribution in [0.15, 0.2) is 95.4 Å². The van der Waals surface area contributed by atoms with Crippen molar-refractivity contribution in [1.29, 1.82) is 0 Å². The van der Waals surface area contributed by atoms with Crippen LogP contribution in [0.1, 0.15) is 43.4 Å². The van der Waals surface area contributed by atoms with E-state index in [1.54, 1.807) is 12.3 Å². The number of rotatable bonds is 4. The van der Waals surface area contributed by atoms with E-state index in [4.69, 9.17) is 0 Å². The van der Waals surface area contributed by atoms with Crippen LogP contribution >= 0.6 is 11.3 Å². The minimum Gasteiger partial charge on any atom is -0.274 e. The van der Waals surface area contributed by atoms with Crippen molar-refractivity contribution in [3.63, 3.8) is 0 Å². The van der Waals surface area contributed by atoms with Crippen molar-refractivity contribution in [2.24, 2.45) is 16.9 Å². The van der Waals surface area contributed by atoms with Crippen LogP contribution < -0.4 is 10.3 Å². The maximum atomic E-state index is 14.3. The Labute approximate surface area is 223 Å². The minimum atomic E-state index is -1.01. The fourth-order valence-electron chi connectivity index (χ4n) is 6.65. The molecule has 2 heterocycles. The van der Waals surface area contributed by atoms with E-state index in [0.29, 0.717) is 10.6 Å². The van der Waals surface area contributed by atoms with E-state index in [0.717, 1.165) is 27.8 Å².